The van der Waals surface area contributed by atoms with Crippen molar-refractivity contribution in [3.8, 4) is 0 Å². The normalized spacial score (nSPS) is 13.5. The Balaban J connectivity index is 1.61. The fourth-order valence-corrected chi connectivity index (χ4v) is 6.04. The summed E-state index contributed by atoms with van der Waals surface area (Å²) in [6, 6.07) is 5.75. The Bertz CT molecular complexity index is 1060. The minimum atomic E-state index is -0.468. The van der Waals surface area contributed by atoms with Crippen LogP contribution in [0.2, 0.25) is 0 Å². The third-order valence-electron chi connectivity index (χ3n) is 4.68. The summed E-state index contributed by atoms with van der Waals surface area (Å²) in [4.78, 5) is 34.7. The molecule has 2 heterocycles. The van der Waals surface area contributed by atoms with E-state index in [4.69, 9.17) is 0 Å². The van der Waals surface area contributed by atoms with Crippen molar-refractivity contribution in [2.75, 3.05) is 12.0 Å². The van der Waals surface area contributed by atoms with E-state index in [0.717, 1.165) is 33.2 Å². The third-order valence-corrected chi connectivity index (χ3v) is 7.39. The van der Waals surface area contributed by atoms with E-state index >= 15 is 0 Å². The molecular formula is C19H17N3O3S3. The second-order valence-corrected chi connectivity index (χ2v) is 9.24. The van der Waals surface area contributed by atoms with Crippen LogP contribution in [0, 0.1) is 10.1 Å². The van der Waals surface area contributed by atoms with Crippen LogP contribution in [0.4, 0.5) is 5.69 Å². The number of hydrogen-bond donors (Lipinski definition) is 0. The maximum absolute atomic E-state index is 12.6. The predicted octanol–water partition coefficient (Wildman–Crippen LogP) is 5.18. The highest BCUT2D eigenvalue weighted by atomic mass is 32.2. The van der Waals surface area contributed by atoms with Crippen molar-refractivity contribution in [2.45, 2.75) is 35.9 Å². The summed E-state index contributed by atoms with van der Waals surface area (Å²) in [5, 5.41) is 13.5. The number of nitro groups is 1. The molecule has 1 aliphatic rings. The molecule has 1 aliphatic carbocycles. The van der Waals surface area contributed by atoms with Gasteiger partial charge >= 0.3 is 0 Å². The van der Waals surface area contributed by atoms with E-state index in [1.54, 1.807) is 11.3 Å². The number of fused-ring (bicyclic) bond motifs is 3. The van der Waals surface area contributed by atoms with Gasteiger partial charge in [-0.1, -0.05) is 23.5 Å². The van der Waals surface area contributed by atoms with Crippen molar-refractivity contribution in [2.24, 2.45) is 0 Å². The summed E-state index contributed by atoms with van der Waals surface area (Å²) in [6.07, 6.45) is 6.47. The zero-order valence-corrected chi connectivity index (χ0v) is 17.6. The van der Waals surface area contributed by atoms with Gasteiger partial charge in [-0.2, -0.15) is 0 Å². The van der Waals surface area contributed by atoms with Gasteiger partial charge < -0.3 is 0 Å². The third kappa shape index (κ3) is 3.78. The topological polar surface area (TPSA) is 86.0 Å². The van der Waals surface area contributed by atoms with Crippen LogP contribution in [0.3, 0.4) is 0 Å². The summed E-state index contributed by atoms with van der Waals surface area (Å²) < 4.78 is 0. The van der Waals surface area contributed by atoms with Gasteiger partial charge in [0.25, 0.3) is 5.69 Å². The predicted molar refractivity (Wildman–Crippen MR) is 114 cm³/mol. The van der Waals surface area contributed by atoms with Gasteiger partial charge in [0.05, 0.1) is 10.7 Å². The summed E-state index contributed by atoms with van der Waals surface area (Å²) in [5.74, 6) is 0.170. The Kier molecular flexibility index (Phi) is 5.65. The van der Waals surface area contributed by atoms with Crippen molar-refractivity contribution >= 4 is 56.5 Å². The first kappa shape index (κ1) is 19.4. The molecule has 3 aromatic rings. The van der Waals surface area contributed by atoms with Gasteiger partial charge in [-0.05, 0) is 49.6 Å². The molecule has 0 aliphatic heterocycles. The molecule has 0 saturated carbocycles. The SMILES string of the molecule is CSc1nc(SCC(=O)c2ccc([N+](=O)[O-])cc2)c2c3c(sc2n1)CCCC3. The quantitative estimate of drug-likeness (QED) is 0.133. The molecule has 4 rings (SSSR count). The summed E-state index contributed by atoms with van der Waals surface area (Å²) in [6.45, 7) is 0. The van der Waals surface area contributed by atoms with E-state index in [1.165, 1.54) is 71.1 Å². The fraction of sp³-hybridized carbons (Fsp3) is 0.316. The van der Waals surface area contributed by atoms with E-state index in [0.29, 0.717) is 5.56 Å². The Labute approximate surface area is 174 Å². The summed E-state index contributed by atoms with van der Waals surface area (Å²) in [7, 11) is 0. The van der Waals surface area contributed by atoms with Crippen LogP contribution in [0.1, 0.15) is 33.6 Å². The molecule has 2 aromatic heterocycles. The molecule has 0 fully saturated rings. The lowest BCUT2D eigenvalue weighted by Crippen LogP contribution is -2.04. The van der Waals surface area contributed by atoms with Crippen molar-refractivity contribution < 1.29 is 9.72 Å². The number of hydrogen-bond acceptors (Lipinski definition) is 8. The molecule has 28 heavy (non-hydrogen) atoms. The molecule has 0 bridgehead atoms. The molecule has 0 saturated heterocycles. The van der Waals surface area contributed by atoms with Gasteiger partial charge in [-0.15, -0.1) is 11.3 Å². The van der Waals surface area contributed by atoms with Gasteiger partial charge in [0.1, 0.15) is 9.86 Å². The van der Waals surface area contributed by atoms with Crippen LogP contribution >= 0.6 is 34.9 Å². The first-order chi connectivity index (χ1) is 13.6. The molecule has 9 heteroatoms. The Morgan fingerprint density at radius 3 is 2.68 bits per heavy atom. The number of thioether (sulfide) groups is 2. The fourth-order valence-electron chi connectivity index (χ4n) is 3.29. The number of rotatable bonds is 6. The lowest BCUT2D eigenvalue weighted by Gasteiger charge is -2.11. The lowest BCUT2D eigenvalue weighted by atomic mass is 9.97. The average molecular weight is 432 g/mol. The molecular weight excluding hydrogens is 414 g/mol. The Hall–Kier alpha value is -1.97. The van der Waals surface area contributed by atoms with Crippen LogP contribution in [0.25, 0.3) is 10.2 Å². The van der Waals surface area contributed by atoms with Gasteiger partial charge in [0.2, 0.25) is 0 Å². The van der Waals surface area contributed by atoms with Crippen LogP contribution in [0.15, 0.2) is 34.4 Å². The van der Waals surface area contributed by atoms with Crippen molar-refractivity contribution in [1.82, 2.24) is 9.97 Å². The monoisotopic (exact) mass is 431 g/mol. The maximum atomic E-state index is 12.6. The minimum absolute atomic E-state index is 0.0174. The molecule has 144 valence electrons. The molecule has 0 unspecified atom stereocenters. The lowest BCUT2D eigenvalue weighted by molar-refractivity contribution is -0.384. The van der Waals surface area contributed by atoms with Crippen LogP contribution < -0.4 is 0 Å². The van der Waals surface area contributed by atoms with E-state index in [-0.39, 0.29) is 17.2 Å². The second-order valence-electron chi connectivity index (χ2n) is 6.42. The number of nitrogens with zero attached hydrogens (tertiary/aromatic N) is 3. The van der Waals surface area contributed by atoms with E-state index in [2.05, 4.69) is 9.97 Å². The zero-order chi connectivity index (χ0) is 19.7. The summed E-state index contributed by atoms with van der Waals surface area (Å²) in [5.41, 5.74) is 1.81. The number of aromatic nitrogens is 2. The number of aryl methyl sites for hydroxylation is 2. The molecule has 6 nitrogen and oxygen atoms in total. The summed E-state index contributed by atoms with van der Waals surface area (Å²) >= 11 is 4.68. The molecule has 1 aromatic carbocycles. The van der Waals surface area contributed by atoms with E-state index in [1.807, 2.05) is 6.26 Å². The molecule has 0 amide bonds. The minimum Gasteiger partial charge on any atom is -0.293 e. The first-order valence-electron chi connectivity index (χ1n) is 8.83. The molecule has 0 radical (unpaired) electrons. The Morgan fingerprint density at radius 1 is 1.21 bits per heavy atom. The Morgan fingerprint density at radius 2 is 1.96 bits per heavy atom. The largest absolute Gasteiger partial charge is 0.293 e. The number of carbonyl (C=O) groups is 1. The molecule has 0 spiro atoms. The number of carbonyl (C=O) groups excluding carboxylic acids is 1. The standard InChI is InChI=1S/C19H17N3O3S3/c1-26-19-20-17(16-13-4-2-3-5-15(13)28-18(16)21-19)27-10-14(23)11-6-8-12(9-7-11)22(24)25/h6-9H,2-5,10H2,1H3. The van der Waals surface area contributed by atoms with Gasteiger partial charge in [-0.3, -0.25) is 14.9 Å². The number of nitro benzene ring substituents is 1. The molecule has 0 N–H and O–H groups in total. The highest BCUT2D eigenvalue weighted by molar-refractivity contribution is 8.00. The smallest absolute Gasteiger partial charge is 0.269 e. The average Bonchev–Trinajstić information content (AvgIpc) is 3.10. The highest BCUT2D eigenvalue weighted by Crippen LogP contribution is 2.40. The van der Waals surface area contributed by atoms with Gasteiger partial charge in [0, 0.05) is 28.0 Å². The van der Waals surface area contributed by atoms with Crippen LogP contribution in [0.5, 0.6) is 0 Å². The van der Waals surface area contributed by atoms with Crippen molar-refractivity contribution in [3.05, 3.63) is 50.4 Å². The van der Waals surface area contributed by atoms with Crippen LogP contribution in [-0.4, -0.2) is 32.7 Å². The second kappa shape index (κ2) is 8.18. The van der Waals surface area contributed by atoms with E-state index in [9.17, 15) is 14.9 Å². The number of ketones is 1. The number of non-ortho nitro benzene ring substituents is 1. The van der Waals surface area contributed by atoms with Crippen molar-refractivity contribution in [1.29, 1.82) is 0 Å². The molecule has 0 atom stereocenters. The zero-order valence-electron chi connectivity index (χ0n) is 15.1. The van der Waals surface area contributed by atoms with Gasteiger partial charge in [0.15, 0.2) is 10.9 Å². The van der Waals surface area contributed by atoms with Crippen LogP contribution in [-0.2, 0) is 12.8 Å². The van der Waals surface area contributed by atoms with E-state index < -0.39 is 4.92 Å². The highest BCUT2D eigenvalue weighted by Gasteiger charge is 2.22. The number of Topliss-reactive ketones (excluding diaryl/α,β-unsaturated/α-hetero) is 1. The maximum Gasteiger partial charge on any atom is 0.269 e. The van der Waals surface area contributed by atoms with Crippen molar-refractivity contribution in [3.63, 3.8) is 0 Å². The van der Waals surface area contributed by atoms with Gasteiger partial charge in [-0.25, -0.2) is 9.97 Å². The first-order valence-corrected chi connectivity index (χ1v) is 11.9. The number of thiophene rings is 1. The number of benzene rings is 1.